The maximum atomic E-state index is 11.6. The number of halogens is 1. The molecule has 1 aliphatic rings. The van der Waals surface area contributed by atoms with Gasteiger partial charge in [0.15, 0.2) is 6.10 Å². The van der Waals surface area contributed by atoms with Gasteiger partial charge in [0.1, 0.15) is 0 Å². The molecule has 0 bridgehead atoms. The van der Waals surface area contributed by atoms with Gasteiger partial charge >= 0.3 is 5.97 Å². The molecule has 1 heterocycles. The third-order valence-electron chi connectivity index (χ3n) is 2.38. The highest BCUT2D eigenvalue weighted by Gasteiger charge is 2.37. The molecule has 0 saturated carbocycles. The first-order valence-electron chi connectivity index (χ1n) is 5.08. The van der Waals surface area contributed by atoms with Gasteiger partial charge in [0.05, 0.1) is 12.2 Å². The van der Waals surface area contributed by atoms with E-state index in [4.69, 9.17) is 9.47 Å². The normalized spacial score (nSPS) is 25.3. The average Bonchev–Trinajstić information content (AvgIpc) is 2.13. The van der Waals surface area contributed by atoms with Gasteiger partial charge in [-0.05, 0) is 27.7 Å². The van der Waals surface area contributed by atoms with Gasteiger partial charge < -0.3 is 9.47 Å². The maximum Gasteiger partial charge on any atom is 0.335 e. The number of rotatable bonds is 2. The zero-order valence-electron chi connectivity index (χ0n) is 9.59. The largest absolute Gasteiger partial charge is 0.464 e. The Labute approximate surface area is 98.9 Å². The summed E-state index contributed by atoms with van der Waals surface area (Å²) in [4.78, 5) is 11.6. The Bertz CT molecular complexity index is 294. The smallest absolute Gasteiger partial charge is 0.335 e. The molecule has 0 saturated heterocycles. The van der Waals surface area contributed by atoms with Gasteiger partial charge in [-0.15, -0.1) is 0 Å². The lowest BCUT2D eigenvalue weighted by molar-refractivity contribution is -0.165. The molecule has 0 aromatic heterocycles. The van der Waals surface area contributed by atoms with Crippen LogP contribution in [0.4, 0.5) is 0 Å². The van der Waals surface area contributed by atoms with Crippen LogP contribution in [-0.2, 0) is 14.3 Å². The molecule has 3 nitrogen and oxygen atoms in total. The zero-order valence-corrected chi connectivity index (χ0v) is 11.2. The summed E-state index contributed by atoms with van der Waals surface area (Å²) in [6.45, 7) is 8.06. The Morgan fingerprint density at radius 1 is 1.67 bits per heavy atom. The third kappa shape index (κ3) is 2.82. The van der Waals surface area contributed by atoms with Crippen LogP contribution >= 0.6 is 15.9 Å². The summed E-state index contributed by atoms with van der Waals surface area (Å²) in [5, 5.41) is 0. The van der Waals surface area contributed by atoms with Crippen LogP contribution in [0.25, 0.3) is 0 Å². The first-order valence-corrected chi connectivity index (χ1v) is 5.88. The van der Waals surface area contributed by atoms with E-state index in [0.29, 0.717) is 13.0 Å². The van der Waals surface area contributed by atoms with E-state index >= 15 is 0 Å². The van der Waals surface area contributed by atoms with Crippen molar-refractivity contribution in [3.8, 4) is 0 Å². The lowest BCUT2D eigenvalue weighted by atomic mass is 9.97. The minimum Gasteiger partial charge on any atom is -0.464 e. The van der Waals surface area contributed by atoms with E-state index in [1.807, 2.05) is 20.8 Å². The van der Waals surface area contributed by atoms with Gasteiger partial charge in [-0.25, -0.2) is 4.79 Å². The van der Waals surface area contributed by atoms with Gasteiger partial charge in [-0.1, -0.05) is 21.5 Å². The van der Waals surface area contributed by atoms with E-state index in [0.717, 1.165) is 10.1 Å². The van der Waals surface area contributed by atoms with Crippen molar-refractivity contribution in [2.45, 2.75) is 45.8 Å². The number of hydrogen-bond acceptors (Lipinski definition) is 3. The van der Waals surface area contributed by atoms with Crippen molar-refractivity contribution in [2.75, 3.05) is 6.61 Å². The number of hydrogen-bond donors (Lipinski definition) is 0. The summed E-state index contributed by atoms with van der Waals surface area (Å²) in [7, 11) is 0. The van der Waals surface area contributed by atoms with E-state index in [1.54, 1.807) is 6.92 Å². The number of ether oxygens (including phenoxy) is 2. The fourth-order valence-electron chi connectivity index (χ4n) is 1.70. The Balaban J connectivity index is 2.81. The standard InChI is InChI=1S/C11H17BrO3/c1-5-14-10(13)8-6-7(2)9(12)11(3,4)15-8/h8H,5-6H2,1-4H3. The van der Waals surface area contributed by atoms with Crippen LogP contribution in [0, 0.1) is 0 Å². The van der Waals surface area contributed by atoms with Crippen molar-refractivity contribution in [3.05, 3.63) is 10.1 Å². The van der Waals surface area contributed by atoms with Crippen LogP contribution in [0.3, 0.4) is 0 Å². The Morgan fingerprint density at radius 3 is 2.73 bits per heavy atom. The first kappa shape index (κ1) is 12.7. The van der Waals surface area contributed by atoms with Gasteiger partial charge in [-0.2, -0.15) is 0 Å². The van der Waals surface area contributed by atoms with Crippen LogP contribution < -0.4 is 0 Å². The molecule has 1 unspecified atom stereocenters. The van der Waals surface area contributed by atoms with E-state index in [1.165, 1.54) is 0 Å². The summed E-state index contributed by atoms with van der Waals surface area (Å²) in [5.74, 6) is -0.273. The Kier molecular flexibility index (Phi) is 3.95. The second kappa shape index (κ2) is 4.66. The van der Waals surface area contributed by atoms with Gasteiger partial charge in [0, 0.05) is 10.9 Å². The molecule has 1 atom stereocenters. The SMILES string of the molecule is CCOC(=O)C1CC(C)=C(Br)C(C)(C)O1. The fourth-order valence-corrected chi connectivity index (χ4v) is 1.95. The van der Waals surface area contributed by atoms with Crippen molar-refractivity contribution < 1.29 is 14.3 Å². The highest BCUT2D eigenvalue weighted by atomic mass is 79.9. The predicted octanol–water partition coefficient (Wildman–Crippen LogP) is 2.79. The molecule has 4 heteroatoms. The number of carbonyl (C=O) groups excluding carboxylic acids is 1. The molecule has 1 aliphatic heterocycles. The van der Waals surface area contributed by atoms with Crippen molar-refractivity contribution in [2.24, 2.45) is 0 Å². The molecular weight excluding hydrogens is 260 g/mol. The summed E-state index contributed by atoms with van der Waals surface area (Å²) in [6.07, 6.45) is 0.129. The lowest BCUT2D eigenvalue weighted by Gasteiger charge is -2.35. The monoisotopic (exact) mass is 276 g/mol. The van der Waals surface area contributed by atoms with E-state index < -0.39 is 11.7 Å². The van der Waals surface area contributed by atoms with Crippen LogP contribution in [0.2, 0.25) is 0 Å². The number of carbonyl (C=O) groups is 1. The minimum atomic E-state index is -0.471. The molecule has 0 aromatic carbocycles. The topological polar surface area (TPSA) is 35.5 Å². The van der Waals surface area contributed by atoms with Crippen LogP contribution in [-0.4, -0.2) is 24.3 Å². The molecule has 0 spiro atoms. The fraction of sp³-hybridized carbons (Fsp3) is 0.727. The van der Waals surface area contributed by atoms with Crippen molar-refractivity contribution >= 4 is 21.9 Å². The van der Waals surface area contributed by atoms with E-state index in [9.17, 15) is 4.79 Å². The van der Waals surface area contributed by atoms with Crippen LogP contribution in [0.15, 0.2) is 10.1 Å². The Hall–Kier alpha value is -0.350. The average molecular weight is 277 g/mol. The second-order valence-corrected chi connectivity index (χ2v) is 4.96. The summed E-state index contributed by atoms with van der Waals surface area (Å²) >= 11 is 3.49. The highest BCUT2D eigenvalue weighted by molar-refractivity contribution is 9.11. The van der Waals surface area contributed by atoms with Gasteiger partial charge in [-0.3, -0.25) is 0 Å². The molecule has 0 radical (unpaired) electrons. The molecule has 15 heavy (non-hydrogen) atoms. The molecule has 0 fully saturated rings. The first-order chi connectivity index (χ1) is 6.88. The van der Waals surface area contributed by atoms with Crippen LogP contribution in [0.1, 0.15) is 34.1 Å². The zero-order chi connectivity index (χ0) is 11.6. The summed E-state index contributed by atoms with van der Waals surface area (Å²) in [5.41, 5.74) is 0.698. The maximum absolute atomic E-state index is 11.6. The van der Waals surface area contributed by atoms with Crippen LogP contribution in [0.5, 0.6) is 0 Å². The number of esters is 1. The van der Waals surface area contributed by atoms with Gasteiger partial charge in [0.2, 0.25) is 0 Å². The predicted molar refractivity (Wildman–Crippen MR) is 61.8 cm³/mol. The van der Waals surface area contributed by atoms with E-state index in [-0.39, 0.29) is 5.97 Å². The van der Waals surface area contributed by atoms with E-state index in [2.05, 4.69) is 15.9 Å². The van der Waals surface area contributed by atoms with Crippen molar-refractivity contribution in [1.82, 2.24) is 0 Å². The molecule has 1 rings (SSSR count). The minimum absolute atomic E-state index is 0.273. The molecule has 86 valence electrons. The molecule has 0 aliphatic carbocycles. The third-order valence-corrected chi connectivity index (χ3v) is 4.01. The van der Waals surface area contributed by atoms with Crippen molar-refractivity contribution in [1.29, 1.82) is 0 Å². The lowest BCUT2D eigenvalue weighted by Crippen LogP contribution is -2.40. The summed E-state index contributed by atoms with van der Waals surface area (Å²) in [6, 6.07) is 0. The quantitative estimate of drug-likeness (QED) is 0.728. The highest BCUT2D eigenvalue weighted by Crippen LogP contribution is 2.37. The second-order valence-electron chi connectivity index (χ2n) is 4.17. The molecule has 0 aromatic rings. The van der Waals surface area contributed by atoms with Gasteiger partial charge in [0.25, 0.3) is 0 Å². The summed E-state index contributed by atoms with van der Waals surface area (Å²) < 4.78 is 11.7. The van der Waals surface area contributed by atoms with Crippen molar-refractivity contribution in [3.63, 3.8) is 0 Å². The molecule has 0 N–H and O–H groups in total. The molecular formula is C11H17BrO3. The Morgan fingerprint density at radius 2 is 2.27 bits per heavy atom. The molecule has 0 amide bonds.